The van der Waals surface area contributed by atoms with Crippen molar-refractivity contribution in [1.82, 2.24) is 10.6 Å². The third-order valence-corrected chi connectivity index (χ3v) is 4.47. The minimum atomic E-state index is -2.93. The molecule has 0 aromatic carbocycles. The lowest BCUT2D eigenvalue weighted by Crippen LogP contribution is -2.40. The Hall–Kier alpha value is -0.820. The van der Waals surface area contributed by atoms with E-state index in [-0.39, 0.29) is 11.5 Å². The molecule has 0 aliphatic rings. The lowest BCUT2D eigenvalue weighted by Gasteiger charge is -2.11. The highest BCUT2D eigenvalue weighted by Crippen LogP contribution is 1.89. The summed E-state index contributed by atoms with van der Waals surface area (Å²) in [4.78, 5) is 4.04. The lowest BCUT2D eigenvalue weighted by atomic mass is 10.4. The molecular weight excluding hydrogens is 278 g/mol. The van der Waals surface area contributed by atoms with Crippen molar-refractivity contribution in [1.29, 1.82) is 0 Å². The molecule has 0 saturated heterocycles. The number of hydrogen-bond donors (Lipinski definition) is 2. The minimum Gasteiger partial charge on any atom is -0.381 e. The fourth-order valence-electron chi connectivity index (χ4n) is 1.42. The van der Waals surface area contributed by atoms with Crippen LogP contribution in [-0.2, 0) is 14.6 Å². The monoisotopic (exact) mass is 307 g/mol. The molecule has 0 saturated carbocycles. The fourth-order valence-corrected chi connectivity index (χ4v) is 2.12. The predicted molar refractivity (Wildman–Crippen MR) is 84.0 cm³/mol. The molecule has 0 atom stereocenters. The Morgan fingerprint density at radius 1 is 1.10 bits per heavy atom. The second-order valence-electron chi connectivity index (χ2n) is 4.48. The van der Waals surface area contributed by atoms with Gasteiger partial charge in [0, 0.05) is 39.1 Å². The third-order valence-electron chi connectivity index (χ3n) is 2.77. The molecule has 2 N–H and O–H groups in total. The third kappa shape index (κ3) is 11.0. The maximum Gasteiger partial charge on any atom is 0.191 e. The van der Waals surface area contributed by atoms with Gasteiger partial charge in [-0.3, -0.25) is 4.99 Å². The Morgan fingerprint density at radius 3 is 2.35 bits per heavy atom. The van der Waals surface area contributed by atoms with Gasteiger partial charge in [-0.1, -0.05) is 20.3 Å². The number of aliphatic imine (C=N–C) groups is 1. The first-order valence-corrected chi connectivity index (χ1v) is 9.10. The molecule has 0 heterocycles. The van der Waals surface area contributed by atoms with Crippen molar-refractivity contribution >= 4 is 15.8 Å². The van der Waals surface area contributed by atoms with Crippen LogP contribution in [0.4, 0.5) is 0 Å². The molecular formula is C13H29N3O3S. The van der Waals surface area contributed by atoms with E-state index in [0.29, 0.717) is 12.5 Å². The summed E-state index contributed by atoms with van der Waals surface area (Å²) in [5.41, 5.74) is 0. The summed E-state index contributed by atoms with van der Waals surface area (Å²) in [5, 5.41) is 6.12. The van der Waals surface area contributed by atoms with Gasteiger partial charge in [-0.25, -0.2) is 8.42 Å². The van der Waals surface area contributed by atoms with Gasteiger partial charge in [0.2, 0.25) is 0 Å². The molecule has 0 amide bonds. The van der Waals surface area contributed by atoms with Crippen LogP contribution in [0, 0.1) is 0 Å². The van der Waals surface area contributed by atoms with E-state index >= 15 is 0 Å². The number of ether oxygens (including phenoxy) is 1. The molecule has 0 aliphatic carbocycles. The number of nitrogens with one attached hydrogen (secondary N) is 2. The van der Waals surface area contributed by atoms with Gasteiger partial charge in [0.15, 0.2) is 15.8 Å². The summed E-state index contributed by atoms with van der Waals surface area (Å²) < 4.78 is 28.1. The molecule has 120 valence electrons. The van der Waals surface area contributed by atoms with E-state index in [4.69, 9.17) is 4.74 Å². The van der Waals surface area contributed by atoms with E-state index in [0.717, 1.165) is 39.0 Å². The molecule has 0 radical (unpaired) electrons. The fraction of sp³-hybridized carbons (Fsp3) is 0.923. The molecule has 0 spiro atoms. The predicted octanol–water partition coefficient (Wildman–Crippen LogP) is 0.793. The normalized spacial score (nSPS) is 12.4. The zero-order valence-electron chi connectivity index (χ0n) is 12.9. The number of unbranched alkanes of at least 4 members (excludes halogenated alkanes) is 1. The van der Waals surface area contributed by atoms with Gasteiger partial charge >= 0.3 is 0 Å². The minimum absolute atomic E-state index is 0.129. The molecule has 0 unspecified atom stereocenters. The SMILES string of the molecule is CCCCOCCCNC(=NC)NCCS(=O)(=O)CC. The number of guanidine groups is 1. The zero-order valence-corrected chi connectivity index (χ0v) is 13.8. The van der Waals surface area contributed by atoms with Crippen molar-refractivity contribution in [3.8, 4) is 0 Å². The van der Waals surface area contributed by atoms with Gasteiger partial charge in [-0.15, -0.1) is 0 Å². The maximum atomic E-state index is 11.3. The number of nitrogens with zero attached hydrogens (tertiary/aromatic N) is 1. The van der Waals surface area contributed by atoms with Crippen molar-refractivity contribution in [2.75, 3.05) is 44.9 Å². The van der Waals surface area contributed by atoms with Crippen LogP contribution in [0.15, 0.2) is 4.99 Å². The maximum absolute atomic E-state index is 11.3. The quantitative estimate of drug-likeness (QED) is 0.335. The van der Waals surface area contributed by atoms with E-state index in [1.54, 1.807) is 14.0 Å². The highest BCUT2D eigenvalue weighted by Gasteiger charge is 2.07. The first-order valence-electron chi connectivity index (χ1n) is 7.28. The van der Waals surface area contributed by atoms with Gasteiger partial charge in [0.05, 0.1) is 5.75 Å². The number of rotatable bonds is 11. The summed E-state index contributed by atoms with van der Waals surface area (Å²) in [7, 11) is -1.26. The van der Waals surface area contributed by atoms with Crippen LogP contribution in [0.5, 0.6) is 0 Å². The molecule has 0 aromatic rings. The summed E-state index contributed by atoms with van der Waals surface area (Å²) in [5.74, 6) is 0.935. The van der Waals surface area contributed by atoms with Crippen LogP contribution >= 0.6 is 0 Å². The largest absolute Gasteiger partial charge is 0.381 e. The van der Waals surface area contributed by atoms with E-state index in [9.17, 15) is 8.42 Å². The zero-order chi connectivity index (χ0) is 15.3. The highest BCUT2D eigenvalue weighted by molar-refractivity contribution is 7.91. The van der Waals surface area contributed by atoms with Crippen molar-refractivity contribution in [2.24, 2.45) is 4.99 Å². The van der Waals surface area contributed by atoms with Gasteiger partial charge in [0.25, 0.3) is 0 Å². The van der Waals surface area contributed by atoms with Crippen LogP contribution in [0.25, 0.3) is 0 Å². The van der Waals surface area contributed by atoms with E-state index < -0.39 is 9.84 Å². The summed E-state index contributed by atoms with van der Waals surface area (Å²) in [6.45, 7) is 6.47. The van der Waals surface area contributed by atoms with Gasteiger partial charge in [0.1, 0.15) is 0 Å². The smallest absolute Gasteiger partial charge is 0.191 e. The van der Waals surface area contributed by atoms with E-state index in [1.807, 2.05) is 0 Å². The van der Waals surface area contributed by atoms with Crippen LogP contribution in [0.1, 0.15) is 33.1 Å². The molecule has 0 aromatic heterocycles. The van der Waals surface area contributed by atoms with Crippen molar-refractivity contribution in [3.05, 3.63) is 0 Å². The number of sulfone groups is 1. The van der Waals surface area contributed by atoms with Crippen molar-refractivity contribution in [3.63, 3.8) is 0 Å². The molecule has 0 fully saturated rings. The van der Waals surface area contributed by atoms with Crippen molar-refractivity contribution < 1.29 is 13.2 Å². The standard InChI is InChI=1S/C13H29N3O3S/c1-4-6-10-19-11-7-8-15-13(14-3)16-9-12-20(17,18)5-2/h4-12H2,1-3H3,(H2,14,15,16). The second-order valence-corrected chi connectivity index (χ2v) is 6.95. The first-order chi connectivity index (χ1) is 9.55. The summed E-state index contributed by atoms with van der Waals surface area (Å²) >= 11 is 0. The lowest BCUT2D eigenvalue weighted by molar-refractivity contribution is 0.129. The van der Waals surface area contributed by atoms with Crippen LogP contribution in [0.2, 0.25) is 0 Å². The topological polar surface area (TPSA) is 79.8 Å². The van der Waals surface area contributed by atoms with Crippen LogP contribution in [0.3, 0.4) is 0 Å². The van der Waals surface area contributed by atoms with E-state index in [1.165, 1.54) is 0 Å². The summed E-state index contributed by atoms with van der Waals surface area (Å²) in [6, 6.07) is 0. The van der Waals surface area contributed by atoms with Crippen LogP contribution < -0.4 is 10.6 Å². The van der Waals surface area contributed by atoms with E-state index in [2.05, 4.69) is 22.5 Å². The first kappa shape index (κ1) is 19.2. The average Bonchev–Trinajstić information content (AvgIpc) is 2.44. The molecule has 7 heteroatoms. The Balaban J connectivity index is 3.63. The Bertz CT molecular complexity index is 356. The highest BCUT2D eigenvalue weighted by atomic mass is 32.2. The Labute approximate surface area is 123 Å². The van der Waals surface area contributed by atoms with Gasteiger partial charge in [-0.2, -0.15) is 0 Å². The van der Waals surface area contributed by atoms with Crippen molar-refractivity contribution in [2.45, 2.75) is 33.1 Å². The summed E-state index contributed by atoms with van der Waals surface area (Å²) in [6.07, 6.45) is 3.15. The average molecular weight is 307 g/mol. The van der Waals surface area contributed by atoms with Crippen LogP contribution in [-0.4, -0.2) is 59.2 Å². The van der Waals surface area contributed by atoms with Gasteiger partial charge < -0.3 is 15.4 Å². The van der Waals surface area contributed by atoms with Gasteiger partial charge in [-0.05, 0) is 12.8 Å². The molecule has 20 heavy (non-hydrogen) atoms. The molecule has 0 aliphatic heterocycles. The molecule has 0 bridgehead atoms. The molecule has 0 rings (SSSR count). The second kappa shape index (κ2) is 12.0. The number of hydrogen-bond acceptors (Lipinski definition) is 4. The molecule has 6 nitrogen and oxygen atoms in total. The Kier molecular flexibility index (Phi) is 11.5. The Morgan fingerprint density at radius 2 is 1.75 bits per heavy atom.